The van der Waals surface area contributed by atoms with Gasteiger partial charge in [-0.15, -0.1) is 11.3 Å². The Morgan fingerprint density at radius 2 is 2.04 bits per heavy atom. The zero-order chi connectivity index (χ0) is 15.6. The molecule has 3 nitrogen and oxygen atoms in total. The molecule has 1 atom stereocenters. The van der Waals surface area contributed by atoms with E-state index in [1.165, 1.54) is 22.1 Å². The fourth-order valence-corrected chi connectivity index (χ4v) is 3.97. The number of hydrogen-bond acceptors (Lipinski definition) is 3. The minimum absolute atomic E-state index is 0.158. The van der Waals surface area contributed by atoms with Gasteiger partial charge < -0.3 is 4.90 Å². The minimum atomic E-state index is 0.158. The average molecular weight is 322 g/mol. The lowest BCUT2D eigenvalue weighted by Crippen LogP contribution is -2.39. The lowest BCUT2D eigenvalue weighted by molar-refractivity contribution is 0.0711. The number of hydrogen-bond donors (Lipinski definition) is 0. The number of aromatic nitrogens is 1. The Morgan fingerprint density at radius 3 is 2.87 bits per heavy atom. The molecule has 0 bridgehead atoms. The molecule has 1 aliphatic rings. The maximum atomic E-state index is 12.6. The molecular weight excluding hydrogens is 304 g/mol. The van der Waals surface area contributed by atoms with Crippen molar-refractivity contribution < 1.29 is 4.79 Å². The molecule has 1 saturated heterocycles. The van der Waals surface area contributed by atoms with Gasteiger partial charge in [0.1, 0.15) is 0 Å². The van der Waals surface area contributed by atoms with Crippen molar-refractivity contribution in [2.45, 2.75) is 18.8 Å². The first-order valence-electron chi connectivity index (χ1n) is 7.99. The fourth-order valence-electron chi connectivity index (χ4n) is 3.28. The summed E-state index contributed by atoms with van der Waals surface area (Å²) in [6, 6.07) is 14.3. The van der Waals surface area contributed by atoms with Crippen molar-refractivity contribution in [2.24, 2.45) is 0 Å². The average Bonchev–Trinajstić information content (AvgIpc) is 3.15. The highest BCUT2D eigenvalue weighted by Gasteiger charge is 2.26. The van der Waals surface area contributed by atoms with Gasteiger partial charge in [0.05, 0.1) is 4.88 Å². The third kappa shape index (κ3) is 2.86. The van der Waals surface area contributed by atoms with Gasteiger partial charge in [0.2, 0.25) is 0 Å². The van der Waals surface area contributed by atoms with Crippen LogP contribution in [0.4, 0.5) is 0 Å². The van der Waals surface area contributed by atoms with Crippen molar-refractivity contribution in [3.63, 3.8) is 0 Å². The normalized spacial score (nSPS) is 18.3. The summed E-state index contributed by atoms with van der Waals surface area (Å²) in [5.41, 5.74) is 1.10. The van der Waals surface area contributed by atoms with Gasteiger partial charge in [0.15, 0.2) is 0 Å². The molecule has 3 aromatic rings. The number of fused-ring (bicyclic) bond motifs is 1. The summed E-state index contributed by atoms with van der Waals surface area (Å²) >= 11 is 1.52. The van der Waals surface area contributed by atoms with Crippen LogP contribution in [0, 0.1) is 0 Å². The summed E-state index contributed by atoms with van der Waals surface area (Å²) in [7, 11) is 0. The molecule has 0 radical (unpaired) electrons. The summed E-state index contributed by atoms with van der Waals surface area (Å²) in [5, 5.41) is 4.34. The van der Waals surface area contributed by atoms with Crippen LogP contribution in [0.15, 0.2) is 54.0 Å². The number of pyridine rings is 1. The van der Waals surface area contributed by atoms with E-state index in [2.05, 4.69) is 29.2 Å². The van der Waals surface area contributed by atoms with E-state index in [9.17, 15) is 4.79 Å². The first-order chi connectivity index (χ1) is 11.3. The van der Waals surface area contributed by atoms with E-state index < -0.39 is 0 Å². The Balaban J connectivity index is 1.57. The third-order valence-corrected chi connectivity index (χ3v) is 5.37. The Kier molecular flexibility index (Phi) is 3.83. The van der Waals surface area contributed by atoms with Crippen LogP contribution in [0.2, 0.25) is 0 Å². The molecular formula is C19H18N2OS. The standard InChI is InChI=1S/C19H18N2OS/c22-19(18-8-4-10-23-18)21-9-3-7-16(13-21)17-11-14-5-1-2-6-15(14)12-20-17/h1-2,4-6,8,10-12,16H,3,7,9,13H2. The molecule has 4 heteroatoms. The van der Waals surface area contributed by atoms with Crippen molar-refractivity contribution in [3.05, 3.63) is 64.6 Å². The minimum Gasteiger partial charge on any atom is -0.337 e. The van der Waals surface area contributed by atoms with Crippen molar-refractivity contribution in [3.8, 4) is 0 Å². The number of benzene rings is 1. The maximum Gasteiger partial charge on any atom is 0.263 e. The zero-order valence-corrected chi connectivity index (χ0v) is 13.6. The van der Waals surface area contributed by atoms with Crippen LogP contribution in [0.25, 0.3) is 10.8 Å². The van der Waals surface area contributed by atoms with Gasteiger partial charge in [-0.2, -0.15) is 0 Å². The smallest absolute Gasteiger partial charge is 0.263 e. The van der Waals surface area contributed by atoms with Crippen molar-refractivity contribution in [1.82, 2.24) is 9.88 Å². The molecule has 23 heavy (non-hydrogen) atoms. The quantitative estimate of drug-likeness (QED) is 0.704. The van der Waals surface area contributed by atoms with E-state index in [1.54, 1.807) is 0 Å². The zero-order valence-electron chi connectivity index (χ0n) is 12.8. The Hall–Kier alpha value is -2.20. The van der Waals surface area contributed by atoms with Gasteiger partial charge >= 0.3 is 0 Å². The lowest BCUT2D eigenvalue weighted by Gasteiger charge is -2.32. The first kappa shape index (κ1) is 14.4. The van der Waals surface area contributed by atoms with Crippen molar-refractivity contribution >= 4 is 28.0 Å². The van der Waals surface area contributed by atoms with E-state index >= 15 is 0 Å². The second-order valence-corrected chi connectivity index (χ2v) is 6.97. The molecule has 3 heterocycles. The Morgan fingerprint density at radius 1 is 1.17 bits per heavy atom. The number of thiophene rings is 1. The van der Waals surface area contributed by atoms with E-state index in [-0.39, 0.29) is 5.91 Å². The molecule has 0 saturated carbocycles. The van der Waals surface area contributed by atoms with Gasteiger partial charge in [0.25, 0.3) is 5.91 Å². The molecule has 2 aromatic heterocycles. The largest absolute Gasteiger partial charge is 0.337 e. The lowest BCUT2D eigenvalue weighted by atomic mass is 9.93. The van der Waals surface area contributed by atoms with Gasteiger partial charge in [-0.3, -0.25) is 9.78 Å². The van der Waals surface area contributed by atoms with Crippen LogP contribution < -0.4 is 0 Å². The Bertz CT molecular complexity index is 828. The molecule has 0 spiro atoms. The van der Waals surface area contributed by atoms with E-state index in [0.29, 0.717) is 5.92 Å². The molecule has 1 aliphatic heterocycles. The Labute approximate surface area is 139 Å². The molecule has 1 unspecified atom stereocenters. The van der Waals surface area contributed by atoms with Crippen molar-refractivity contribution in [1.29, 1.82) is 0 Å². The van der Waals surface area contributed by atoms with Gasteiger partial charge in [0, 0.05) is 36.3 Å². The fraction of sp³-hybridized carbons (Fsp3) is 0.263. The number of carbonyl (C=O) groups excluding carboxylic acids is 1. The SMILES string of the molecule is O=C(c1cccs1)N1CCCC(c2cc3ccccc3cn2)C1. The number of amides is 1. The number of rotatable bonds is 2. The van der Waals surface area contributed by atoms with Crippen LogP contribution >= 0.6 is 11.3 Å². The summed E-state index contributed by atoms with van der Waals surface area (Å²) in [5.74, 6) is 0.489. The van der Waals surface area contributed by atoms with Crippen LogP contribution in [0.1, 0.15) is 34.1 Å². The summed E-state index contributed by atoms with van der Waals surface area (Å²) in [4.78, 5) is 20.0. The highest BCUT2D eigenvalue weighted by Crippen LogP contribution is 2.28. The van der Waals surface area contributed by atoms with Gasteiger partial charge in [-0.1, -0.05) is 30.3 Å². The monoisotopic (exact) mass is 322 g/mol. The number of likely N-dealkylation sites (tertiary alicyclic amines) is 1. The number of carbonyl (C=O) groups is 1. The van der Waals surface area contributed by atoms with Gasteiger partial charge in [-0.25, -0.2) is 0 Å². The molecule has 0 aliphatic carbocycles. The number of piperidine rings is 1. The summed E-state index contributed by atoms with van der Waals surface area (Å²) in [6.07, 6.45) is 4.08. The molecule has 1 amide bonds. The van der Waals surface area contributed by atoms with Crippen LogP contribution in [-0.4, -0.2) is 28.9 Å². The molecule has 4 rings (SSSR count). The topological polar surface area (TPSA) is 33.2 Å². The predicted molar refractivity (Wildman–Crippen MR) is 93.9 cm³/mol. The highest BCUT2D eigenvalue weighted by molar-refractivity contribution is 7.12. The summed E-state index contributed by atoms with van der Waals surface area (Å²) in [6.45, 7) is 1.61. The maximum absolute atomic E-state index is 12.6. The third-order valence-electron chi connectivity index (χ3n) is 4.51. The van der Waals surface area contributed by atoms with E-state index in [0.717, 1.165) is 36.5 Å². The van der Waals surface area contributed by atoms with Gasteiger partial charge in [-0.05, 0) is 35.7 Å². The van der Waals surface area contributed by atoms with Crippen LogP contribution in [-0.2, 0) is 0 Å². The van der Waals surface area contributed by atoms with Crippen LogP contribution in [0.5, 0.6) is 0 Å². The van der Waals surface area contributed by atoms with Crippen molar-refractivity contribution in [2.75, 3.05) is 13.1 Å². The first-order valence-corrected chi connectivity index (χ1v) is 8.87. The molecule has 1 aromatic carbocycles. The second-order valence-electron chi connectivity index (χ2n) is 6.02. The summed E-state index contributed by atoms with van der Waals surface area (Å²) < 4.78 is 0. The highest BCUT2D eigenvalue weighted by atomic mass is 32.1. The molecule has 0 N–H and O–H groups in total. The predicted octanol–water partition coefficient (Wildman–Crippen LogP) is 4.32. The van der Waals surface area contributed by atoms with E-state index in [4.69, 9.17) is 0 Å². The van der Waals surface area contributed by atoms with Crippen LogP contribution in [0.3, 0.4) is 0 Å². The molecule has 116 valence electrons. The molecule has 1 fully saturated rings. The number of nitrogens with zero attached hydrogens (tertiary/aromatic N) is 2. The van der Waals surface area contributed by atoms with E-state index in [1.807, 2.05) is 34.7 Å². The second kappa shape index (κ2) is 6.13.